The number of primary amides is 1. The number of hydrogen-bond acceptors (Lipinski definition) is 5. The summed E-state index contributed by atoms with van der Waals surface area (Å²) in [4.78, 5) is 30.9. The largest absolute Gasteiger partial charge is 0.508 e. The van der Waals surface area contributed by atoms with Crippen molar-refractivity contribution >= 4 is 11.8 Å². The second-order valence-electron chi connectivity index (χ2n) is 7.03. The molecule has 0 bridgehead atoms. The van der Waals surface area contributed by atoms with Gasteiger partial charge in [0.2, 0.25) is 11.8 Å². The van der Waals surface area contributed by atoms with Gasteiger partial charge in [0, 0.05) is 18.9 Å². The minimum Gasteiger partial charge on any atom is -0.508 e. The average Bonchev–Trinajstić information content (AvgIpc) is 2.69. The first-order chi connectivity index (χ1) is 13.3. The van der Waals surface area contributed by atoms with E-state index in [-0.39, 0.29) is 30.5 Å². The summed E-state index contributed by atoms with van der Waals surface area (Å²) in [5.74, 6) is -0.847. The monoisotopic (exact) mass is 384 g/mol. The molecule has 0 unspecified atom stereocenters. The second-order valence-corrected chi connectivity index (χ2v) is 7.03. The lowest BCUT2D eigenvalue weighted by Gasteiger charge is -2.35. The number of aromatic hydroxyl groups is 1. The highest BCUT2D eigenvalue weighted by molar-refractivity contribution is 5.89. The molecule has 7 heteroatoms. The van der Waals surface area contributed by atoms with Gasteiger partial charge in [-0.15, -0.1) is 0 Å². The number of nitrogens with zero attached hydrogens (tertiary/aromatic N) is 2. The number of nitrogens with two attached hydrogens (primary N) is 2. The third-order valence-electron chi connectivity index (χ3n) is 4.90. The Morgan fingerprint density at radius 2 is 1.71 bits per heavy atom. The molecule has 28 heavy (non-hydrogen) atoms. The van der Waals surface area contributed by atoms with E-state index < -0.39 is 18.0 Å². The highest BCUT2D eigenvalue weighted by atomic mass is 16.3. The third-order valence-corrected chi connectivity index (χ3v) is 4.90. The van der Waals surface area contributed by atoms with Gasteiger partial charge in [-0.3, -0.25) is 14.6 Å². The Morgan fingerprint density at radius 3 is 2.25 bits per heavy atom. The molecule has 0 radical (unpaired) electrons. The number of carbonyl (C=O) groups excluding carboxylic acids is 2. The lowest BCUT2D eigenvalue weighted by molar-refractivity contribution is -0.143. The Balaban J connectivity index is 2.28. The van der Waals surface area contributed by atoms with Crippen LogP contribution in [0.25, 0.3) is 0 Å². The summed E-state index contributed by atoms with van der Waals surface area (Å²) in [5, 5.41) is 9.41. The number of amides is 2. The molecule has 5 N–H and O–H groups in total. The van der Waals surface area contributed by atoms with Gasteiger partial charge >= 0.3 is 0 Å². The van der Waals surface area contributed by atoms with Crippen molar-refractivity contribution < 1.29 is 14.7 Å². The summed E-state index contributed by atoms with van der Waals surface area (Å²) in [6, 6.07) is 8.53. The molecule has 0 aliphatic carbocycles. The van der Waals surface area contributed by atoms with Crippen LogP contribution in [0.15, 0.2) is 48.8 Å². The molecule has 1 aromatic carbocycles. The van der Waals surface area contributed by atoms with Crippen molar-refractivity contribution in [3.05, 3.63) is 59.9 Å². The number of benzene rings is 1. The molecular formula is C21H28N4O3. The summed E-state index contributed by atoms with van der Waals surface area (Å²) in [7, 11) is 0. The average molecular weight is 384 g/mol. The van der Waals surface area contributed by atoms with Crippen LogP contribution in [-0.2, 0) is 22.6 Å². The number of phenols is 1. The van der Waals surface area contributed by atoms with E-state index >= 15 is 0 Å². The number of phenolic OH excluding ortho intramolecular Hbond substituents is 1. The molecule has 150 valence electrons. The zero-order chi connectivity index (χ0) is 20.7. The van der Waals surface area contributed by atoms with Crippen LogP contribution >= 0.6 is 0 Å². The standard InChI is InChI=1S/C21H28N4O3/c1-3-14(2)19(20(23)27)25(13-16-8-10-24-11-9-16)21(28)18(22)12-15-4-6-17(26)7-5-15/h4-11,14,18-19,26H,3,12-13,22H2,1-2H3,(H2,23,27)/t14-,18-,19-/m0/s1. The summed E-state index contributed by atoms with van der Waals surface area (Å²) < 4.78 is 0. The Hall–Kier alpha value is -2.93. The maximum atomic E-state index is 13.2. The summed E-state index contributed by atoms with van der Waals surface area (Å²) in [6.07, 6.45) is 4.26. The van der Waals surface area contributed by atoms with Crippen molar-refractivity contribution in [3.8, 4) is 5.75 Å². The van der Waals surface area contributed by atoms with Gasteiger partial charge in [0.15, 0.2) is 0 Å². The Labute approximate surface area is 165 Å². The van der Waals surface area contributed by atoms with Gasteiger partial charge in [0.25, 0.3) is 0 Å². The maximum Gasteiger partial charge on any atom is 0.240 e. The predicted octanol–water partition coefficient (Wildman–Crippen LogP) is 1.59. The van der Waals surface area contributed by atoms with Crippen molar-refractivity contribution in [2.24, 2.45) is 17.4 Å². The second kappa shape index (κ2) is 9.85. The van der Waals surface area contributed by atoms with Crippen LogP contribution in [-0.4, -0.2) is 38.9 Å². The van der Waals surface area contributed by atoms with E-state index in [1.54, 1.807) is 48.8 Å². The van der Waals surface area contributed by atoms with E-state index in [9.17, 15) is 14.7 Å². The molecule has 0 aliphatic heterocycles. The summed E-state index contributed by atoms with van der Waals surface area (Å²) in [5.41, 5.74) is 13.5. The minimum atomic E-state index is -0.836. The first-order valence-corrected chi connectivity index (χ1v) is 9.35. The quantitative estimate of drug-likeness (QED) is 0.606. The number of hydrogen-bond donors (Lipinski definition) is 3. The van der Waals surface area contributed by atoms with Gasteiger partial charge < -0.3 is 21.5 Å². The van der Waals surface area contributed by atoms with Crippen LogP contribution in [0.4, 0.5) is 0 Å². The molecule has 3 atom stereocenters. The van der Waals surface area contributed by atoms with Crippen LogP contribution < -0.4 is 11.5 Å². The van der Waals surface area contributed by atoms with Crippen molar-refractivity contribution in [1.29, 1.82) is 0 Å². The Morgan fingerprint density at radius 1 is 1.11 bits per heavy atom. The fourth-order valence-electron chi connectivity index (χ4n) is 3.15. The van der Waals surface area contributed by atoms with E-state index in [1.165, 1.54) is 4.90 Å². The van der Waals surface area contributed by atoms with Crippen molar-refractivity contribution in [1.82, 2.24) is 9.88 Å². The topological polar surface area (TPSA) is 123 Å². The summed E-state index contributed by atoms with van der Waals surface area (Å²) >= 11 is 0. The molecular weight excluding hydrogens is 356 g/mol. The fraction of sp³-hybridized carbons (Fsp3) is 0.381. The van der Waals surface area contributed by atoms with Gasteiger partial charge in [0.05, 0.1) is 6.04 Å². The first-order valence-electron chi connectivity index (χ1n) is 9.35. The molecule has 0 saturated heterocycles. The molecule has 0 saturated carbocycles. The number of pyridine rings is 1. The summed E-state index contributed by atoms with van der Waals surface area (Å²) in [6.45, 7) is 4.07. The lowest BCUT2D eigenvalue weighted by Crippen LogP contribution is -2.55. The molecule has 1 aromatic heterocycles. The fourth-order valence-corrected chi connectivity index (χ4v) is 3.15. The molecule has 2 amide bonds. The highest BCUT2D eigenvalue weighted by Crippen LogP contribution is 2.20. The minimum absolute atomic E-state index is 0.107. The highest BCUT2D eigenvalue weighted by Gasteiger charge is 2.34. The normalized spacial score (nSPS) is 14.1. The van der Waals surface area contributed by atoms with E-state index in [1.807, 2.05) is 13.8 Å². The first kappa shape index (κ1) is 21.4. The smallest absolute Gasteiger partial charge is 0.240 e. The molecule has 0 fully saturated rings. The predicted molar refractivity (Wildman–Crippen MR) is 107 cm³/mol. The van der Waals surface area contributed by atoms with Crippen LogP contribution in [0.5, 0.6) is 5.75 Å². The van der Waals surface area contributed by atoms with Crippen molar-refractivity contribution in [2.45, 2.75) is 45.3 Å². The van der Waals surface area contributed by atoms with Gasteiger partial charge in [-0.25, -0.2) is 0 Å². The van der Waals surface area contributed by atoms with E-state index in [0.29, 0.717) is 6.42 Å². The molecule has 0 spiro atoms. The number of rotatable bonds is 9. The zero-order valence-electron chi connectivity index (χ0n) is 16.3. The molecule has 7 nitrogen and oxygen atoms in total. The van der Waals surface area contributed by atoms with E-state index in [0.717, 1.165) is 11.1 Å². The van der Waals surface area contributed by atoms with Crippen LogP contribution in [0, 0.1) is 5.92 Å². The van der Waals surface area contributed by atoms with Gasteiger partial charge in [0.1, 0.15) is 11.8 Å². The van der Waals surface area contributed by atoms with Gasteiger partial charge in [-0.1, -0.05) is 32.4 Å². The van der Waals surface area contributed by atoms with Crippen LogP contribution in [0.2, 0.25) is 0 Å². The SMILES string of the molecule is CC[C@H](C)[C@@H](C(N)=O)N(Cc1ccncc1)C(=O)[C@@H](N)Cc1ccc(O)cc1. The molecule has 0 aliphatic rings. The number of carbonyl (C=O) groups is 2. The van der Waals surface area contributed by atoms with Gasteiger partial charge in [-0.2, -0.15) is 0 Å². The zero-order valence-corrected chi connectivity index (χ0v) is 16.3. The molecule has 1 heterocycles. The lowest BCUT2D eigenvalue weighted by atomic mass is 9.95. The van der Waals surface area contributed by atoms with E-state index in [2.05, 4.69) is 4.98 Å². The van der Waals surface area contributed by atoms with Gasteiger partial charge in [-0.05, 0) is 47.7 Å². The maximum absolute atomic E-state index is 13.2. The molecule has 2 rings (SSSR count). The van der Waals surface area contributed by atoms with Crippen molar-refractivity contribution in [2.75, 3.05) is 0 Å². The molecule has 2 aromatic rings. The van der Waals surface area contributed by atoms with Crippen molar-refractivity contribution in [3.63, 3.8) is 0 Å². The number of aromatic nitrogens is 1. The van der Waals surface area contributed by atoms with E-state index in [4.69, 9.17) is 11.5 Å². The van der Waals surface area contributed by atoms with Crippen LogP contribution in [0.1, 0.15) is 31.4 Å². The Kier molecular flexibility index (Phi) is 7.52. The Bertz CT molecular complexity index is 780. The third kappa shape index (κ3) is 5.53. The van der Waals surface area contributed by atoms with Crippen LogP contribution in [0.3, 0.4) is 0 Å².